The summed E-state index contributed by atoms with van der Waals surface area (Å²) in [6.07, 6.45) is 2.25. The van der Waals surface area contributed by atoms with Crippen molar-refractivity contribution in [3.63, 3.8) is 0 Å². The summed E-state index contributed by atoms with van der Waals surface area (Å²) in [7, 11) is 0. The van der Waals surface area contributed by atoms with Gasteiger partial charge in [-0.25, -0.2) is 4.68 Å². The zero-order valence-corrected chi connectivity index (χ0v) is 11.6. The molecule has 0 radical (unpaired) electrons. The Kier molecular flexibility index (Phi) is 4.04. The van der Waals surface area contributed by atoms with Gasteiger partial charge in [0.25, 0.3) is 0 Å². The third-order valence-electron chi connectivity index (χ3n) is 2.39. The minimum atomic E-state index is -0.834. The molecule has 2 rings (SSSR count). The van der Waals surface area contributed by atoms with Crippen LogP contribution in [0.25, 0.3) is 5.69 Å². The van der Waals surface area contributed by atoms with Crippen LogP contribution >= 0.6 is 27.5 Å². The summed E-state index contributed by atoms with van der Waals surface area (Å²) >= 11 is 9.29. The normalized spacial score (nSPS) is 10.6. The molecule has 0 aliphatic rings. The lowest BCUT2D eigenvalue weighted by molar-refractivity contribution is -0.136. The van der Waals surface area contributed by atoms with Gasteiger partial charge in [-0.15, -0.1) is 0 Å². The van der Waals surface area contributed by atoms with Gasteiger partial charge >= 0.3 is 5.97 Å². The van der Waals surface area contributed by atoms with Crippen LogP contribution in [0.2, 0.25) is 5.02 Å². The highest BCUT2D eigenvalue weighted by atomic mass is 79.9. The van der Waals surface area contributed by atoms with Gasteiger partial charge in [-0.05, 0) is 34.1 Å². The van der Waals surface area contributed by atoms with E-state index in [1.165, 1.54) is 0 Å². The molecule has 2 aromatic rings. The number of aliphatic carboxylic acids is 1. The summed E-state index contributed by atoms with van der Waals surface area (Å²) in [4.78, 5) is 10.5. The largest absolute Gasteiger partial charge is 0.481 e. The fourth-order valence-corrected chi connectivity index (χ4v) is 2.19. The third-order valence-corrected chi connectivity index (χ3v) is 3.29. The average Bonchev–Trinajstić information content (AvgIpc) is 2.68. The average molecular weight is 330 g/mol. The summed E-state index contributed by atoms with van der Waals surface area (Å²) in [5.41, 5.74) is 1.56. The van der Waals surface area contributed by atoms with E-state index in [1.54, 1.807) is 23.0 Å². The molecule has 0 saturated carbocycles. The highest BCUT2D eigenvalue weighted by Crippen LogP contribution is 2.21. The fourth-order valence-electron chi connectivity index (χ4n) is 1.53. The number of aryl methyl sites for hydroxylation is 1. The molecule has 18 heavy (non-hydrogen) atoms. The topological polar surface area (TPSA) is 55.1 Å². The smallest absolute Gasteiger partial charge is 0.303 e. The van der Waals surface area contributed by atoms with Gasteiger partial charge in [-0.3, -0.25) is 4.79 Å². The van der Waals surface area contributed by atoms with Crippen LogP contribution < -0.4 is 0 Å². The molecule has 1 heterocycles. The second kappa shape index (κ2) is 5.54. The van der Waals surface area contributed by atoms with Gasteiger partial charge in [0.15, 0.2) is 0 Å². The van der Waals surface area contributed by atoms with E-state index in [1.807, 2.05) is 12.1 Å². The lowest BCUT2D eigenvalue weighted by Crippen LogP contribution is -2.00. The molecule has 1 N–H and O–H groups in total. The number of carboxylic acid groups (broad SMARTS) is 1. The summed E-state index contributed by atoms with van der Waals surface area (Å²) in [5.74, 6) is -0.834. The number of hydrogen-bond acceptors (Lipinski definition) is 2. The van der Waals surface area contributed by atoms with Crippen molar-refractivity contribution in [1.82, 2.24) is 9.78 Å². The summed E-state index contributed by atoms with van der Waals surface area (Å²) in [6, 6.07) is 7.30. The first-order valence-electron chi connectivity index (χ1n) is 5.28. The van der Waals surface area contributed by atoms with Crippen LogP contribution in [-0.4, -0.2) is 20.9 Å². The Hall–Kier alpha value is -1.33. The van der Waals surface area contributed by atoms with Crippen molar-refractivity contribution in [3.05, 3.63) is 45.7 Å². The van der Waals surface area contributed by atoms with Crippen LogP contribution in [-0.2, 0) is 11.2 Å². The lowest BCUT2D eigenvalue weighted by Gasteiger charge is -2.00. The molecule has 0 bridgehead atoms. The molecule has 1 aromatic carbocycles. The zero-order chi connectivity index (χ0) is 13.1. The highest BCUT2D eigenvalue weighted by molar-refractivity contribution is 9.10. The van der Waals surface area contributed by atoms with Crippen molar-refractivity contribution in [2.75, 3.05) is 0 Å². The number of benzene rings is 1. The molecular weight excluding hydrogens is 320 g/mol. The molecule has 0 aliphatic carbocycles. The number of hydrogen-bond donors (Lipinski definition) is 1. The van der Waals surface area contributed by atoms with Gasteiger partial charge in [-0.2, -0.15) is 5.10 Å². The van der Waals surface area contributed by atoms with Crippen LogP contribution in [0.1, 0.15) is 12.1 Å². The fraction of sp³-hybridized carbons (Fsp3) is 0.167. The van der Waals surface area contributed by atoms with Gasteiger partial charge in [0.2, 0.25) is 0 Å². The monoisotopic (exact) mass is 328 g/mol. The second-order valence-electron chi connectivity index (χ2n) is 3.74. The van der Waals surface area contributed by atoms with Crippen molar-refractivity contribution in [3.8, 4) is 5.69 Å². The van der Waals surface area contributed by atoms with E-state index in [2.05, 4.69) is 21.0 Å². The molecule has 0 unspecified atom stereocenters. The Morgan fingerprint density at radius 2 is 2.28 bits per heavy atom. The maximum absolute atomic E-state index is 10.5. The van der Waals surface area contributed by atoms with Crippen LogP contribution in [0, 0.1) is 0 Å². The number of nitrogens with zero attached hydrogens (tertiary/aromatic N) is 2. The van der Waals surface area contributed by atoms with Crippen molar-refractivity contribution < 1.29 is 9.90 Å². The SMILES string of the molecule is O=C(O)CCc1nn(-c2cccc(Cl)c2)cc1Br. The van der Waals surface area contributed by atoms with Crippen molar-refractivity contribution >= 4 is 33.5 Å². The molecule has 0 atom stereocenters. The number of carboxylic acids is 1. The Labute approximate surface area is 117 Å². The van der Waals surface area contributed by atoms with Crippen LogP contribution in [0.3, 0.4) is 0 Å². The first-order chi connectivity index (χ1) is 8.56. The Morgan fingerprint density at radius 3 is 2.94 bits per heavy atom. The van der Waals surface area contributed by atoms with E-state index in [0.717, 1.165) is 15.9 Å². The zero-order valence-electron chi connectivity index (χ0n) is 9.31. The van der Waals surface area contributed by atoms with Crippen molar-refractivity contribution in [2.24, 2.45) is 0 Å². The maximum atomic E-state index is 10.5. The van der Waals surface area contributed by atoms with E-state index in [-0.39, 0.29) is 6.42 Å². The summed E-state index contributed by atoms with van der Waals surface area (Å²) in [5, 5.41) is 13.6. The van der Waals surface area contributed by atoms with Crippen LogP contribution in [0.4, 0.5) is 0 Å². The molecule has 0 fully saturated rings. The number of carbonyl (C=O) groups is 1. The van der Waals surface area contributed by atoms with E-state index in [0.29, 0.717) is 11.4 Å². The number of rotatable bonds is 4. The van der Waals surface area contributed by atoms with Crippen molar-refractivity contribution in [2.45, 2.75) is 12.8 Å². The second-order valence-corrected chi connectivity index (χ2v) is 5.03. The predicted octanol–water partition coefficient (Wildman–Crippen LogP) is 3.31. The van der Waals surface area contributed by atoms with Gasteiger partial charge in [-0.1, -0.05) is 17.7 Å². The maximum Gasteiger partial charge on any atom is 0.303 e. The Morgan fingerprint density at radius 1 is 1.50 bits per heavy atom. The molecule has 1 aromatic heterocycles. The highest BCUT2D eigenvalue weighted by Gasteiger charge is 2.09. The Bertz CT molecular complexity index is 583. The standard InChI is InChI=1S/C12H10BrClN2O2/c13-10-7-16(9-3-1-2-8(14)6-9)15-11(10)4-5-12(17)18/h1-3,6-7H,4-5H2,(H,17,18). The van der Waals surface area contributed by atoms with Gasteiger partial charge in [0, 0.05) is 17.6 Å². The third kappa shape index (κ3) is 3.11. The number of halogens is 2. The first kappa shape index (κ1) is 13.1. The van der Waals surface area contributed by atoms with E-state index >= 15 is 0 Å². The molecule has 4 nitrogen and oxygen atoms in total. The van der Waals surface area contributed by atoms with E-state index in [4.69, 9.17) is 16.7 Å². The van der Waals surface area contributed by atoms with Gasteiger partial charge in [0.05, 0.1) is 22.3 Å². The quantitative estimate of drug-likeness (QED) is 0.936. The van der Waals surface area contributed by atoms with Crippen molar-refractivity contribution in [1.29, 1.82) is 0 Å². The van der Waals surface area contributed by atoms with E-state index in [9.17, 15) is 4.79 Å². The van der Waals surface area contributed by atoms with Gasteiger partial charge < -0.3 is 5.11 Å². The number of aromatic nitrogens is 2. The first-order valence-corrected chi connectivity index (χ1v) is 6.45. The minimum Gasteiger partial charge on any atom is -0.481 e. The lowest BCUT2D eigenvalue weighted by atomic mass is 10.2. The van der Waals surface area contributed by atoms with Crippen LogP contribution in [0.5, 0.6) is 0 Å². The molecule has 0 aliphatic heterocycles. The summed E-state index contributed by atoms with van der Waals surface area (Å²) < 4.78 is 2.47. The minimum absolute atomic E-state index is 0.0607. The molecule has 0 spiro atoms. The predicted molar refractivity (Wildman–Crippen MR) is 72.2 cm³/mol. The molecule has 6 heteroatoms. The molecule has 94 valence electrons. The molecule has 0 amide bonds. The van der Waals surface area contributed by atoms with Gasteiger partial charge in [0.1, 0.15) is 0 Å². The van der Waals surface area contributed by atoms with E-state index < -0.39 is 5.97 Å². The van der Waals surface area contributed by atoms with Crippen LogP contribution in [0.15, 0.2) is 34.9 Å². The summed E-state index contributed by atoms with van der Waals surface area (Å²) in [6.45, 7) is 0. The Balaban J connectivity index is 2.25. The molecular formula is C12H10BrClN2O2. The molecule has 0 saturated heterocycles.